The van der Waals surface area contributed by atoms with Gasteiger partial charge in [-0.25, -0.2) is 0 Å². The molecule has 1 aliphatic rings. The molecule has 0 saturated heterocycles. The summed E-state index contributed by atoms with van der Waals surface area (Å²) in [6.07, 6.45) is 3.14. The van der Waals surface area contributed by atoms with Gasteiger partial charge in [-0.1, -0.05) is 6.92 Å². The van der Waals surface area contributed by atoms with Crippen LogP contribution in [0.15, 0.2) is 0 Å². The van der Waals surface area contributed by atoms with E-state index in [4.69, 9.17) is 0 Å². The maximum absolute atomic E-state index is 11.5. The molecule has 0 spiro atoms. The highest BCUT2D eigenvalue weighted by Gasteiger charge is 2.28. The molecular formula is C10H19NO. The SMILES string of the molecule is CC1CCCC(=O)C1CN(C)C. The van der Waals surface area contributed by atoms with E-state index in [0.29, 0.717) is 17.6 Å². The van der Waals surface area contributed by atoms with Gasteiger partial charge in [-0.2, -0.15) is 0 Å². The maximum Gasteiger partial charge on any atom is 0.137 e. The molecule has 0 radical (unpaired) electrons. The van der Waals surface area contributed by atoms with Crippen LogP contribution < -0.4 is 0 Å². The van der Waals surface area contributed by atoms with Crippen molar-refractivity contribution in [3.63, 3.8) is 0 Å². The van der Waals surface area contributed by atoms with Gasteiger partial charge in [-0.05, 0) is 32.9 Å². The molecule has 0 aliphatic heterocycles. The van der Waals surface area contributed by atoms with Gasteiger partial charge >= 0.3 is 0 Å². The largest absolute Gasteiger partial charge is 0.309 e. The number of nitrogens with zero attached hydrogens (tertiary/aromatic N) is 1. The van der Waals surface area contributed by atoms with Crippen LogP contribution in [0, 0.1) is 11.8 Å². The standard InChI is InChI=1S/C10H19NO/c1-8-5-4-6-10(12)9(8)7-11(2)3/h8-9H,4-7H2,1-3H3. The van der Waals surface area contributed by atoms with E-state index >= 15 is 0 Å². The van der Waals surface area contributed by atoms with E-state index < -0.39 is 0 Å². The Morgan fingerprint density at radius 3 is 2.67 bits per heavy atom. The van der Waals surface area contributed by atoms with Gasteiger partial charge in [0.05, 0.1) is 0 Å². The van der Waals surface area contributed by atoms with E-state index in [1.165, 1.54) is 6.42 Å². The van der Waals surface area contributed by atoms with Gasteiger partial charge in [0.15, 0.2) is 0 Å². The molecule has 0 aromatic carbocycles. The maximum atomic E-state index is 11.5. The van der Waals surface area contributed by atoms with Crippen molar-refractivity contribution in [2.45, 2.75) is 26.2 Å². The summed E-state index contributed by atoms with van der Waals surface area (Å²) in [7, 11) is 4.07. The molecule has 0 bridgehead atoms. The quantitative estimate of drug-likeness (QED) is 0.625. The predicted molar refractivity (Wildman–Crippen MR) is 50.1 cm³/mol. The molecule has 0 aromatic heterocycles. The number of hydrogen-bond acceptors (Lipinski definition) is 2. The molecular weight excluding hydrogens is 150 g/mol. The third-order valence-corrected chi connectivity index (χ3v) is 2.74. The molecule has 0 amide bonds. The molecule has 0 heterocycles. The molecule has 2 heteroatoms. The Kier molecular flexibility index (Phi) is 3.27. The molecule has 70 valence electrons. The minimum absolute atomic E-state index is 0.300. The van der Waals surface area contributed by atoms with Crippen LogP contribution in [0.1, 0.15) is 26.2 Å². The fraction of sp³-hybridized carbons (Fsp3) is 0.900. The Balaban J connectivity index is 2.51. The number of ketones is 1. The second kappa shape index (κ2) is 4.04. The lowest BCUT2D eigenvalue weighted by molar-refractivity contribution is -0.126. The zero-order chi connectivity index (χ0) is 9.14. The topological polar surface area (TPSA) is 20.3 Å². The normalized spacial score (nSPS) is 31.2. The van der Waals surface area contributed by atoms with Crippen molar-refractivity contribution in [3.05, 3.63) is 0 Å². The molecule has 1 rings (SSSR count). The lowest BCUT2D eigenvalue weighted by Crippen LogP contribution is -2.35. The van der Waals surface area contributed by atoms with Crippen LogP contribution in [0.25, 0.3) is 0 Å². The molecule has 0 N–H and O–H groups in total. The van der Waals surface area contributed by atoms with Crippen molar-refractivity contribution in [2.24, 2.45) is 11.8 Å². The highest BCUT2D eigenvalue weighted by Crippen LogP contribution is 2.26. The Labute approximate surface area is 74.9 Å². The van der Waals surface area contributed by atoms with Crippen molar-refractivity contribution in [3.8, 4) is 0 Å². The first-order chi connectivity index (χ1) is 5.61. The molecule has 1 aliphatic carbocycles. The monoisotopic (exact) mass is 169 g/mol. The van der Waals surface area contributed by atoms with Gasteiger partial charge in [-0.15, -0.1) is 0 Å². The zero-order valence-electron chi connectivity index (χ0n) is 8.34. The van der Waals surface area contributed by atoms with Crippen LogP contribution in [-0.4, -0.2) is 31.3 Å². The molecule has 2 nitrogen and oxygen atoms in total. The number of carbonyl (C=O) groups excluding carboxylic acids is 1. The van der Waals surface area contributed by atoms with E-state index in [1.54, 1.807) is 0 Å². The summed E-state index contributed by atoms with van der Waals surface area (Å²) in [6.45, 7) is 3.13. The van der Waals surface area contributed by atoms with Crippen LogP contribution in [-0.2, 0) is 4.79 Å². The van der Waals surface area contributed by atoms with Gasteiger partial charge < -0.3 is 4.90 Å². The van der Waals surface area contributed by atoms with Gasteiger partial charge in [0.1, 0.15) is 5.78 Å². The van der Waals surface area contributed by atoms with Crippen LogP contribution in [0.3, 0.4) is 0 Å². The second-order valence-corrected chi connectivity index (χ2v) is 4.20. The van der Waals surface area contributed by atoms with E-state index in [0.717, 1.165) is 19.4 Å². The Morgan fingerprint density at radius 2 is 2.17 bits per heavy atom. The third kappa shape index (κ3) is 2.31. The summed E-state index contributed by atoms with van der Waals surface area (Å²) in [5, 5.41) is 0. The highest BCUT2D eigenvalue weighted by molar-refractivity contribution is 5.82. The van der Waals surface area contributed by atoms with E-state index in [2.05, 4.69) is 11.8 Å². The summed E-state index contributed by atoms with van der Waals surface area (Å²) in [4.78, 5) is 13.6. The minimum Gasteiger partial charge on any atom is -0.309 e. The predicted octanol–water partition coefficient (Wildman–Crippen LogP) is 1.55. The van der Waals surface area contributed by atoms with E-state index in [9.17, 15) is 4.79 Å². The minimum atomic E-state index is 0.300. The van der Waals surface area contributed by atoms with Crippen LogP contribution in [0.5, 0.6) is 0 Å². The van der Waals surface area contributed by atoms with Crippen molar-refractivity contribution >= 4 is 5.78 Å². The molecule has 2 atom stereocenters. The average Bonchev–Trinajstić information content (AvgIpc) is 1.97. The van der Waals surface area contributed by atoms with E-state index in [1.807, 2.05) is 14.1 Å². The molecule has 2 unspecified atom stereocenters. The first kappa shape index (κ1) is 9.72. The summed E-state index contributed by atoms with van der Waals surface area (Å²) in [6, 6.07) is 0. The van der Waals surface area contributed by atoms with Crippen molar-refractivity contribution in [1.82, 2.24) is 4.90 Å². The number of carbonyl (C=O) groups is 1. The van der Waals surface area contributed by atoms with Gasteiger partial charge in [0.25, 0.3) is 0 Å². The zero-order valence-corrected chi connectivity index (χ0v) is 8.34. The van der Waals surface area contributed by atoms with Crippen molar-refractivity contribution in [1.29, 1.82) is 0 Å². The van der Waals surface area contributed by atoms with E-state index in [-0.39, 0.29) is 0 Å². The fourth-order valence-corrected chi connectivity index (χ4v) is 1.98. The summed E-state index contributed by atoms with van der Waals surface area (Å²) < 4.78 is 0. The fourth-order valence-electron chi connectivity index (χ4n) is 1.98. The summed E-state index contributed by atoms with van der Waals surface area (Å²) in [5.74, 6) is 1.37. The highest BCUT2D eigenvalue weighted by atomic mass is 16.1. The Hall–Kier alpha value is -0.370. The lowest BCUT2D eigenvalue weighted by atomic mass is 9.79. The van der Waals surface area contributed by atoms with Crippen LogP contribution in [0.4, 0.5) is 0 Å². The van der Waals surface area contributed by atoms with Crippen LogP contribution >= 0.6 is 0 Å². The number of rotatable bonds is 2. The molecule has 1 fully saturated rings. The smallest absolute Gasteiger partial charge is 0.137 e. The summed E-state index contributed by atoms with van der Waals surface area (Å²) in [5.41, 5.74) is 0. The Bertz CT molecular complexity index is 165. The van der Waals surface area contributed by atoms with Crippen molar-refractivity contribution in [2.75, 3.05) is 20.6 Å². The summed E-state index contributed by atoms with van der Waals surface area (Å²) >= 11 is 0. The van der Waals surface area contributed by atoms with Crippen molar-refractivity contribution < 1.29 is 4.79 Å². The molecule has 12 heavy (non-hydrogen) atoms. The lowest BCUT2D eigenvalue weighted by Gasteiger charge is -2.29. The number of hydrogen-bond donors (Lipinski definition) is 0. The first-order valence-electron chi connectivity index (χ1n) is 4.78. The third-order valence-electron chi connectivity index (χ3n) is 2.74. The number of Topliss-reactive ketones (excluding diaryl/α,β-unsaturated/α-hetero) is 1. The van der Waals surface area contributed by atoms with Crippen LogP contribution in [0.2, 0.25) is 0 Å². The second-order valence-electron chi connectivity index (χ2n) is 4.20. The first-order valence-corrected chi connectivity index (χ1v) is 4.78. The van der Waals surface area contributed by atoms with Gasteiger partial charge in [-0.3, -0.25) is 4.79 Å². The van der Waals surface area contributed by atoms with Gasteiger partial charge in [0, 0.05) is 18.9 Å². The Morgan fingerprint density at radius 1 is 1.50 bits per heavy atom. The van der Waals surface area contributed by atoms with Gasteiger partial charge in [0.2, 0.25) is 0 Å². The average molecular weight is 169 g/mol. The molecule has 1 saturated carbocycles. The molecule has 0 aromatic rings.